The minimum absolute atomic E-state index is 0. The number of hydrogen-bond donors (Lipinski definition) is 0. The summed E-state index contributed by atoms with van der Waals surface area (Å²) in [5.74, 6) is 0.132. The Morgan fingerprint density at radius 1 is 0.527 bits per heavy atom. The predicted molar refractivity (Wildman–Crippen MR) is 223 cm³/mol. The quantitative estimate of drug-likeness (QED) is 0.138. The Morgan fingerprint density at radius 2 is 1.16 bits per heavy atom. The maximum atomic E-state index is 3.98. The van der Waals surface area contributed by atoms with Gasteiger partial charge in [-0.25, -0.2) is 0 Å². The molecule has 1 radical (unpaired) electrons. The third kappa shape index (κ3) is 6.38. The van der Waals surface area contributed by atoms with Crippen LogP contribution in [0.3, 0.4) is 0 Å². The van der Waals surface area contributed by atoms with E-state index in [-0.39, 0.29) is 56.9 Å². The van der Waals surface area contributed by atoms with Gasteiger partial charge in [-0.15, -0.1) is 34.1 Å². The van der Waals surface area contributed by atoms with Crippen LogP contribution in [0.2, 0.25) is 0 Å². The van der Waals surface area contributed by atoms with Crippen molar-refractivity contribution in [1.29, 1.82) is 0 Å². The van der Waals surface area contributed by atoms with E-state index in [1.54, 1.807) is 0 Å². The molecular formula is C51H37Cl2SiZr. The average molecular weight is 840 g/mol. The molecule has 0 nitrogen and oxygen atoms in total. The molecule has 8 aromatic carbocycles. The summed E-state index contributed by atoms with van der Waals surface area (Å²) < 4.78 is 0. The summed E-state index contributed by atoms with van der Waals surface area (Å²) in [4.78, 5) is 1.46. The van der Waals surface area contributed by atoms with E-state index in [0.717, 1.165) is 0 Å². The summed E-state index contributed by atoms with van der Waals surface area (Å²) >= 11 is 0. The molecule has 0 bridgehead atoms. The Balaban J connectivity index is 0.00000155. The fraction of sp³-hybridized carbons (Fsp3) is 0.0784. The smallest absolute Gasteiger partial charge is 1.00 e. The molecule has 0 saturated heterocycles. The van der Waals surface area contributed by atoms with Crippen LogP contribution >= 0.6 is 0 Å². The molecule has 2 aliphatic rings. The standard InChI is InChI=1S/C51H37Si.2ClH.Zr/c1-32-25-26-40-36(27-32)30-48-47(40)31-49(52(37-16-6-4-7-17-37)38-18-8-5-9-19-38)34(3)51(48)50-33(2)28-45-43(23-14-24-44(45)50)46-29-35-15-10-11-20-39(35)41-21-12-13-22-42(41)46;;;/h4-29,31,50H,1-3H3;2*1H;/q-1;;;+3/p-2. The predicted octanol–water partition coefficient (Wildman–Crippen LogP) is 4.66. The number of hydrogen-bond acceptors (Lipinski definition) is 0. The molecule has 0 aromatic heterocycles. The van der Waals surface area contributed by atoms with Crippen molar-refractivity contribution in [3.05, 3.63) is 207 Å². The van der Waals surface area contributed by atoms with Crippen molar-refractivity contribution in [2.24, 2.45) is 0 Å². The first-order valence-electron chi connectivity index (χ1n) is 18.3. The van der Waals surface area contributed by atoms with Gasteiger partial charge in [0.25, 0.3) is 0 Å². The number of benzene rings is 8. The monoisotopic (exact) mass is 837 g/mol. The van der Waals surface area contributed by atoms with E-state index >= 15 is 0 Å². The van der Waals surface area contributed by atoms with Crippen LogP contribution in [0.5, 0.6) is 0 Å². The van der Waals surface area contributed by atoms with Crippen molar-refractivity contribution >= 4 is 52.5 Å². The van der Waals surface area contributed by atoms with Crippen molar-refractivity contribution in [2.45, 2.75) is 26.7 Å². The van der Waals surface area contributed by atoms with Gasteiger partial charge in [0.1, 0.15) is 0 Å². The zero-order chi connectivity index (χ0) is 34.9. The fourth-order valence-electron chi connectivity index (χ4n) is 9.04. The minimum Gasteiger partial charge on any atom is -1.00 e. The Kier molecular flexibility index (Phi) is 11.0. The summed E-state index contributed by atoms with van der Waals surface area (Å²) in [6.07, 6.45) is 6.45. The van der Waals surface area contributed by atoms with Crippen LogP contribution in [0.25, 0.3) is 56.0 Å². The van der Waals surface area contributed by atoms with Crippen LogP contribution in [-0.2, 0) is 26.2 Å². The first-order chi connectivity index (χ1) is 25.5. The van der Waals surface area contributed by atoms with Gasteiger partial charge >= 0.3 is 26.2 Å². The topological polar surface area (TPSA) is 0 Å². The maximum Gasteiger partial charge on any atom is 3.00 e. The molecule has 1 atom stereocenters. The summed E-state index contributed by atoms with van der Waals surface area (Å²) in [5, 5.41) is 9.26. The molecule has 0 heterocycles. The molecule has 0 fully saturated rings. The molecule has 0 saturated carbocycles. The molecular weight excluding hydrogens is 803 g/mol. The molecule has 0 N–H and O–H groups in total. The van der Waals surface area contributed by atoms with Crippen molar-refractivity contribution < 1.29 is 51.0 Å². The first kappa shape index (κ1) is 38.8. The Hall–Kier alpha value is -4.43. The Labute approximate surface area is 356 Å². The van der Waals surface area contributed by atoms with E-state index < -0.39 is 8.41 Å². The van der Waals surface area contributed by atoms with Gasteiger partial charge in [-0.3, -0.25) is 0 Å². The van der Waals surface area contributed by atoms with Gasteiger partial charge in [0.05, 0.1) is 8.41 Å². The molecule has 8 aromatic rings. The van der Waals surface area contributed by atoms with Crippen LogP contribution < -0.4 is 40.4 Å². The van der Waals surface area contributed by atoms with Crippen molar-refractivity contribution in [3.63, 3.8) is 0 Å². The number of fused-ring (bicyclic) bond motifs is 7. The van der Waals surface area contributed by atoms with Crippen LogP contribution in [0.1, 0.15) is 46.2 Å². The Bertz CT molecular complexity index is 2890. The van der Waals surface area contributed by atoms with Crippen molar-refractivity contribution in [3.8, 4) is 22.3 Å². The molecule has 4 heteroatoms. The van der Waals surface area contributed by atoms with Gasteiger partial charge < -0.3 is 24.8 Å². The minimum atomic E-state index is -1.33. The molecule has 2 aliphatic carbocycles. The number of rotatable bonds is 4. The second kappa shape index (κ2) is 15.6. The Morgan fingerprint density at radius 3 is 1.87 bits per heavy atom. The van der Waals surface area contributed by atoms with Gasteiger partial charge in [0.15, 0.2) is 0 Å². The molecule has 0 amide bonds. The number of aryl methyl sites for hydroxylation is 1. The number of allylic oxidation sites excluding steroid dienone is 1. The zero-order valence-electron chi connectivity index (χ0n) is 30.9. The van der Waals surface area contributed by atoms with E-state index in [1.807, 2.05) is 0 Å². The molecule has 263 valence electrons. The summed E-state index contributed by atoms with van der Waals surface area (Å²) in [6, 6.07) is 58.9. The van der Waals surface area contributed by atoms with Crippen molar-refractivity contribution in [1.82, 2.24) is 0 Å². The van der Waals surface area contributed by atoms with E-state index in [9.17, 15) is 0 Å². The van der Waals surface area contributed by atoms with Gasteiger partial charge in [-0.1, -0.05) is 174 Å². The van der Waals surface area contributed by atoms with Crippen LogP contribution in [0.15, 0.2) is 163 Å². The molecule has 1 unspecified atom stereocenters. The van der Waals surface area contributed by atoms with E-state index in [2.05, 4.69) is 191 Å². The van der Waals surface area contributed by atoms with Gasteiger partial charge in [-0.2, -0.15) is 0 Å². The summed E-state index contributed by atoms with van der Waals surface area (Å²) in [6.45, 7) is 6.92. The van der Waals surface area contributed by atoms with Gasteiger partial charge in [-0.05, 0) is 85.8 Å². The molecule has 0 aliphatic heterocycles. The normalized spacial score (nSPS) is 13.4. The third-order valence-corrected chi connectivity index (χ3v) is 14.3. The molecule has 10 rings (SSSR count). The van der Waals surface area contributed by atoms with Crippen LogP contribution in [0.4, 0.5) is 0 Å². The van der Waals surface area contributed by atoms with Crippen LogP contribution in [-0.4, -0.2) is 8.41 Å². The SMILES string of the molecule is CC1=Cc2c(-c3cc4ccccc4c4ccccc34)cccc2C1c1c(C)c(=[Si](c2ccccc2)c2ccccc2)cc2c1=[C-]c1cc(C)ccc1-2.[Cl-].[Cl-].[Zr+3]. The van der Waals surface area contributed by atoms with E-state index in [4.69, 9.17) is 0 Å². The third-order valence-electron chi connectivity index (χ3n) is 11.4. The van der Waals surface area contributed by atoms with Gasteiger partial charge in [0.2, 0.25) is 0 Å². The zero-order valence-corrected chi connectivity index (χ0v) is 35.9. The maximum absolute atomic E-state index is 3.98. The summed E-state index contributed by atoms with van der Waals surface area (Å²) in [7, 11) is -1.33. The largest absolute Gasteiger partial charge is 3.00 e. The molecule has 0 spiro atoms. The number of halogens is 2. The van der Waals surface area contributed by atoms with E-state index in [0.29, 0.717) is 0 Å². The summed E-state index contributed by atoms with van der Waals surface area (Å²) in [5.41, 5.74) is 14.6. The molecule has 55 heavy (non-hydrogen) atoms. The average Bonchev–Trinajstić information content (AvgIpc) is 3.71. The van der Waals surface area contributed by atoms with Crippen molar-refractivity contribution in [2.75, 3.05) is 0 Å². The van der Waals surface area contributed by atoms with Gasteiger partial charge in [0, 0.05) is 5.92 Å². The van der Waals surface area contributed by atoms with Crippen LogP contribution in [0, 0.1) is 18.7 Å². The second-order valence-corrected chi connectivity index (χ2v) is 16.9. The van der Waals surface area contributed by atoms with E-state index in [1.165, 1.54) is 103 Å². The fourth-order valence-corrected chi connectivity index (χ4v) is 11.8. The second-order valence-electron chi connectivity index (χ2n) is 14.5. The first-order valence-corrected chi connectivity index (χ1v) is 19.8.